The quantitative estimate of drug-likeness (QED) is 0.801. The van der Waals surface area contributed by atoms with E-state index < -0.39 is 17.7 Å². The Bertz CT molecular complexity index is 302. The zero-order valence-corrected chi connectivity index (χ0v) is 8.55. The summed E-state index contributed by atoms with van der Waals surface area (Å²) in [6.45, 7) is 1.73. The van der Waals surface area contributed by atoms with Gasteiger partial charge in [0.2, 0.25) is 0 Å². The Morgan fingerprint density at radius 1 is 1.31 bits per heavy atom. The van der Waals surface area contributed by atoms with Gasteiger partial charge in [-0.05, 0) is 24.6 Å². The van der Waals surface area contributed by atoms with E-state index in [0.29, 0.717) is 5.56 Å². The molecule has 0 aliphatic heterocycles. The highest BCUT2D eigenvalue weighted by Gasteiger charge is 2.14. The minimum Gasteiger partial charge on any atom is -0.387 e. The smallest absolute Gasteiger partial charge is 0.159 e. The standard InChI is InChI=1S/C9H9BrF2O/c1-5(10)9(13)6-2-3-7(11)8(12)4-6/h2-5,9,13H,1H3. The molecule has 72 valence electrons. The summed E-state index contributed by atoms with van der Waals surface area (Å²) in [5.74, 6) is -1.84. The molecule has 0 heterocycles. The van der Waals surface area contributed by atoms with Crippen molar-refractivity contribution in [1.29, 1.82) is 0 Å². The molecule has 0 aliphatic carbocycles. The third kappa shape index (κ3) is 2.48. The lowest BCUT2D eigenvalue weighted by Gasteiger charge is -2.13. The van der Waals surface area contributed by atoms with Crippen molar-refractivity contribution in [3.63, 3.8) is 0 Å². The van der Waals surface area contributed by atoms with Gasteiger partial charge in [-0.25, -0.2) is 8.78 Å². The van der Waals surface area contributed by atoms with Crippen molar-refractivity contribution in [2.75, 3.05) is 0 Å². The van der Waals surface area contributed by atoms with Crippen LogP contribution in [0.3, 0.4) is 0 Å². The van der Waals surface area contributed by atoms with E-state index >= 15 is 0 Å². The van der Waals surface area contributed by atoms with Crippen LogP contribution in [0.1, 0.15) is 18.6 Å². The molecule has 0 saturated carbocycles. The van der Waals surface area contributed by atoms with E-state index in [9.17, 15) is 13.9 Å². The van der Waals surface area contributed by atoms with Gasteiger partial charge < -0.3 is 5.11 Å². The average molecular weight is 251 g/mol. The molecule has 0 bridgehead atoms. The number of aliphatic hydroxyl groups is 1. The van der Waals surface area contributed by atoms with Crippen LogP contribution >= 0.6 is 15.9 Å². The molecular weight excluding hydrogens is 242 g/mol. The molecule has 0 spiro atoms. The number of alkyl halides is 1. The fraction of sp³-hybridized carbons (Fsp3) is 0.333. The number of hydrogen-bond donors (Lipinski definition) is 1. The van der Waals surface area contributed by atoms with Crippen LogP contribution in [0.2, 0.25) is 0 Å². The van der Waals surface area contributed by atoms with Crippen molar-refractivity contribution in [3.05, 3.63) is 35.4 Å². The van der Waals surface area contributed by atoms with Gasteiger partial charge in [0, 0.05) is 4.83 Å². The largest absolute Gasteiger partial charge is 0.387 e. The molecule has 0 aliphatic rings. The zero-order valence-electron chi connectivity index (χ0n) is 6.97. The molecule has 1 aromatic carbocycles. The van der Waals surface area contributed by atoms with Gasteiger partial charge in [0.15, 0.2) is 11.6 Å². The maximum Gasteiger partial charge on any atom is 0.159 e. The third-order valence-corrected chi connectivity index (χ3v) is 2.22. The number of halogens is 3. The lowest BCUT2D eigenvalue weighted by atomic mass is 10.1. The maximum absolute atomic E-state index is 12.7. The molecule has 2 atom stereocenters. The number of aliphatic hydroxyl groups excluding tert-OH is 1. The molecule has 0 aromatic heterocycles. The molecule has 4 heteroatoms. The normalized spacial score (nSPS) is 15.5. The number of rotatable bonds is 2. The molecule has 0 fully saturated rings. The number of hydrogen-bond acceptors (Lipinski definition) is 1. The summed E-state index contributed by atoms with van der Waals surface area (Å²) in [5.41, 5.74) is 0.364. The minimum atomic E-state index is -0.940. The fourth-order valence-corrected chi connectivity index (χ4v) is 1.27. The average Bonchev–Trinajstić information content (AvgIpc) is 2.08. The summed E-state index contributed by atoms with van der Waals surface area (Å²) in [5, 5.41) is 9.48. The second-order valence-electron chi connectivity index (χ2n) is 2.80. The minimum absolute atomic E-state index is 0.197. The predicted octanol–water partition coefficient (Wildman–Crippen LogP) is 2.78. The first-order chi connectivity index (χ1) is 6.02. The monoisotopic (exact) mass is 250 g/mol. The van der Waals surface area contributed by atoms with Gasteiger partial charge in [-0.2, -0.15) is 0 Å². The van der Waals surface area contributed by atoms with Crippen molar-refractivity contribution < 1.29 is 13.9 Å². The Balaban J connectivity index is 2.97. The molecule has 13 heavy (non-hydrogen) atoms. The van der Waals surface area contributed by atoms with E-state index in [1.54, 1.807) is 6.92 Å². The van der Waals surface area contributed by atoms with Crippen LogP contribution in [0.15, 0.2) is 18.2 Å². The zero-order chi connectivity index (χ0) is 10.0. The highest BCUT2D eigenvalue weighted by atomic mass is 79.9. The fourth-order valence-electron chi connectivity index (χ4n) is 0.962. The van der Waals surface area contributed by atoms with Gasteiger partial charge in [-0.1, -0.05) is 22.0 Å². The Morgan fingerprint density at radius 3 is 2.38 bits per heavy atom. The number of benzene rings is 1. The van der Waals surface area contributed by atoms with Crippen molar-refractivity contribution in [1.82, 2.24) is 0 Å². The van der Waals surface area contributed by atoms with Crippen LogP contribution < -0.4 is 0 Å². The van der Waals surface area contributed by atoms with Gasteiger partial charge >= 0.3 is 0 Å². The second-order valence-corrected chi connectivity index (χ2v) is 4.24. The van der Waals surface area contributed by atoms with Crippen LogP contribution in [-0.2, 0) is 0 Å². The molecule has 1 nitrogen and oxygen atoms in total. The van der Waals surface area contributed by atoms with Crippen LogP contribution in [0, 0.1) is 11.6 Å². The molecule has 1 N–H and O–H groups in total. The van der Waals surface area contributed by atoms with Crippen molar-refractivity contribution >= 4 is 15.9 Å². The highest BCUT2D eigenvalue weighted by Crippen LogP contribution is 2.23. The van der Waals surface area contributed by atoms with E-state index in [-0.39, 0.29) is 4.83 Å². The molecular formula is C9H9BrF2O. The van der Waals surface area contributed by atoms with Crippen LogP contribution in [-0.4, -0.2) is 9.93 Å². The van der Waals surface area contributed by atoms with E-state index in [1.165, 1.54) is 6.07 Å². The lowest BCUT2D eigenvalue weighted by Crippen LogP contribution is -2.08. The van der Waals surface area contributed by atoms with Crippen molar-refractivity contribution in [2.24, 2.45) is 0 Å². The Hall–Kier alpha value is -0.480. The maximum atomic E-state index is 12.7. The van der Waals surface area contributed by atoms with Gasteiger partial charge in [-0.3, -0.25) is 0 Å². The molecule has 2 unspecified atom stereocenters. The van der Waals surface area contributed by atoms with Gasteiger partial charge in [0.1, 0.15) is 0 Å². The molecule has 1 aromatic rings. The molecule has 1 rings (SSSR count). The first-order valence-electron chi connectivity index (χ1n) is 3.79. The van der Waals surface area contributed by atoms with Crippen LogP contribution in [0.25, 0.3) is 0 Å². The van der Waals surface area contributed by atoms with Crippen LogP contribution in [0.4, 0.5) is 8.78 Å². The Labute approximate surface area is 83.5 Å². The van der Waals surface area contributed by atoms with E-state index in [2.05, 4.69) is 15.9 Å². The molecule has 0 amide bonds. The third-order valence-electron chi connectivity index (χ3n) is 1.72. The summed E-state index contributed by atoms with van der Waals surface area (Å²) in [6, 6.07) is 3.36. The Kier molecular flexibility index (Phi) is 3.39. The predicted molar refractivity (Wildman–Crippen MR) is 49.7 cm³/mol. The summed E-state index contributed by atoms with van der Waals surface area (Å²) in [6.07, 6.45) is -0.824. The first-order valence-corrected chi connectivity index (χ1v) is 4.71. The first kappa shape index (κ1) is 10.6. The van der Waals surface area contributed by atoms with Crippen molar-refractivity contribution in [3.8, 4) is 0 Å². The van der Waals surface area contributed by atoms with Crippen molar-refractivity contribution in [2.45, 2.75) is 17.9 Å². The summed E-state index contributed by atoms with van der Waals surface area (Å²) in [7, 11) is 0. The second kappa shape index (κ2) is 4.15. The lowest BCUT2D eigenvalue weighted by molar-refractivity contribution is 0.180. The van der Waals surface area contributed by atoms with E-state index in [0.717, 1.165) is 12.1 Å². The van der Waals surface area contributed by atoms with Crippen LogP contribution in [0.5, 0.6) is 0 Å². The topological polar surface area (TPSA) is 20.2 Å². The highest BCUT2D eigenvalue weighted by molar-refractivity contribution is 9.09. The van der Waals surface area contributed by atoms with Gasteiger partial charge in [-0.15, -0.1) is 0 Å². The SMILES string of the molecule is CC(Br)C(O)c1ccc(F)c(F)c1. The summed E-state index contributed by atoms with van der Waals surface area (Å²) in [4.78, 5) is -0.197. The summed E-state index contributed by atoms with van der Waals surface area (Å²) < 4.78 is 25.2. The molecule has 0 saturated heterocycles. The van der Waals surface area contributed by atoms with E-state index in [1.807, 2.05) is 0 Å². The summed E-state index contributed by atoms with van der Waals surface area (Å²) >= 11 is 3.15. The van der Waals surface area contributed by atoms with E-state index in [4.69, 9.17) is 0 Å². The van der Waals surface area contributed by atoms with Gasteiger partial charge in [0.05, 0.1) is 6.10 Å². The molecule has 0 radical (unpaired) electrons. The Morgan fingerprint density at radius 2 is 1.92 bits per heavy atom. The van der Waals surface area contributed by atoms with Gasteiger partial charge in [0.25, 0.3) is 0 Å².